The largest absolute Gasteiger partial charge is 0.448 e. The van der Waals surface area contributed by atoms with Crippen molar-refractivity contribution in [2.45, 2.75) is 0 Å². The fraction of sp³-hybridized carbons (Fsp3) is 0.391. The Kier molecular flexibility index (Phi) is 12.5. The van der Waals surface area contributed by atoms with Crippen LogP contribution in [0.1, 0.15) is 0 Å². The first-order valence-corrected chi connectivity index (χ1v) is 16.7. The SMILES string of the molecule is CN(C)c1cc(Cl)c(NC(=O)OCCS(=O)(=O)CS(=O)(=O)CCOC(=O)Nc2c(Cl)cc(N(C)C)cc2Cl)c(Cl)c1. The first-order valence-electron chi connectivity index (χ1n) is 11.5. The lowest BCUT2D eigenvalue weighted by Crippen LogP contribution is -2.27. The number of rotatable bonds is 12. The van der Waals surface area contributed by atoms with E-state index < -0.39 is 61.7 Å². The summed E-state index contributed by atoms with van der Waals surface area (Å²) in [5.74, 6) is -1.55. The van der Waals surface area contributed by atoms with Crippen LogP contribution in [0.3, 0.4) is 0 Å². The molecule has 41 heavy (non-hydrogen) atoms. The molecule has 0 atom stereocenters. The molecule has 0 aliphatic heterocycles. The van der Waals surface area contributed by atoms with Gasteiger partial charge in [-0.05, 0) is 24.3 Å². The topological polar surface area (TPSA) is 151 Å². The summed E-state index contributed by atoms with van der Waals surface area (Å²) in [5.41, 5.74) is 1.49. The average Bonchev–Trinajstić information content (AvgIpc) is 2.82. The van der Waals surface area contributed by atoms with Gasteiger partial charge in [-0.2, -0.15) is 0 Å². The summed E-state index contributed by atoms with van der Waals surface area (Å²) in [6.07, 6.45) is -2.08. The van der Waals surface area contributed by atoms with E-state index in [1.807, 2.05) is 0 Å². The predicted octanol–water partition coefficient (Wildman–Crippen LogP) is 5.02. The normalized spacial score (nSPS) is 11.5. The van der Waals surface area contributed by atoms with Crippen LogP contribution < -0.4 is 20.4 Å². The minimum absolute atomic E-state index is 0.0634. The van der Waals surface area contributed by atoms with Crippen LogP contribution in [-0.4, -0.2) is 87.0 Å². The van der Waals surface area contributed by atoms with Crippen LogP contribution in [0.5, 0.6) is 0 Å². The van der Waals surface area contributed by atoms with Crippen LogP contribution in [0.25, 0.3) is 0 Å². The Balaban J connectivity index is 1.82. The molecule has 0 aliphatic carbocycles. The van der Waals surface area contributed by atoms with Crippen molar-refractivity contribution >= 4 is 101 Å². The van der Waals surface area contributed by atoms with Crippen LogP contribution in [0.2, 0.25) is 20.1 Å². The molecular weight excluding hydrogens is 666 g/mol. The second-order valence-electron chi connectivity index (χ2n) is 8.89. The van der Waals surface area contributed by atoms with Gasteiger partial charge >= 0.3 is 12.2 Å². The van der Waals surface area contributed by atoms with Gasteiger partial charge in [0.15, 0.2) is 24.8 Å². The Morgan fingerprint density at radius 1 is 0.659 bits per heavy atom. The van der Waals surface area contributed by atoms with E-state index in [0.717, 1.165) is 0 Å². The first-order chi connectivity index (χ1) is 18.9. The van der Waals surface area contributed by atoms with Gasteiger partial charge in [-0.3, -0.25) is 10.6 Å². The van der Waals surface area contributed by atoms with Crippen molar-refractivity contribution < 1.29 is 35.9 Å². The van der Waals surface area contributed by atoms with Gasteiger partial charge in [0.05, 0.1) is 43.0 Å². The quantitative estimate of drug-likeness (QED) is 0.310. The monoisotopic (exact) mass is 692 g/mol. The van der Waals surface area contributed by atoms with Crippen molar-refractivity contribution in [1.82, 2.24) is 0 Å². The summed E-state index contributed by atoms with van der Waals surface area (Å²) >= 11 is 24.6. The highest BCUT2D eigenvalue weighted by molar-refractivity contribution is 8.08. The fourth-order valence-electron chi connectivity index (χ4n) is 3.07. The van der Waals surface area contributed by atoms with Gasteiger partial charge in [0.25, 0.3) is 0 Å². The molecule has 228 valence electrons. The Bertz CT molecular complexity index is 1350. The zero-order valence-electron chi connectivity index (χ0n) is 22.3. The number of amides is 2. The highest BCUT2D eigenvalue weighted by Crippen LogP contribution is 2.35. The molecule has 0 heterocycles. The molecule has 0 spiro atoms. The molecule has 0 bridgehead atoms. The highest BCUT2D eigenvalue weighted by atomic mass is 35.5. The Morgan fingerprint density at radius 2 is 0.951 bits per heavy atom. The van der Waals surface area contributed by atoms with Crippen molar-refractivity contribution in [3.63, 3.8) is 0 Å². The van der Waals surface area contributed by atoms with Gasteiger partial charge in [0.1, 0.15) is 13.2 Å². The molecule has 0 saturated heterocycles. The second kappa shape index (κ2) is 14.7. The van der Waals surface area contributed by atoms with Gasteiger partial charge in [-0.1, -0.05) is 46.4 Å². The van der Waals surface area contributed by atoms with Crippen LogP contribution in [0.4, 0.5) is 32.3 Å². The minimum Gasteiger partial charge on any atom is -0.448 e. The average molecular weight is 694 g/mol. The fourth-order valence-corrected chi connectivity index (χ4v) is 8.01. The number of benzene rings is 2. The molecule has 0 aromatic heterocycles. The molecule has 18 heteroatoms. The summed E-state index contributed by atoms with van der Waals surface area (Å²) in [6, 6.07) is 6.22. The van der Waals surface area contributed by atoms with E-state index in [-0.39, 0.29) is 31.5 Å². The number of carbonyl (C=O) groups is 2. The molecule has 0 fully saturated rings. The lowest BCUT2D eigenvalue weighted by Gasteiger charge is -2.16. The molecule has 0 unspecified atom stereocenters. The van der Waals surface area contributed by atoms with E-state index in [2.05, 4.69) is 10.6 Å². The number of sulfone groups is 2. The van der Waals surface area contributed by atoms with Crippen molar-refractivity contribution in [3.05, 3.63) is 44.4 Å². The zero-order valence-corrected chi connectivity index (χ0v) is 27.0. The lowest BCUT2D eigenvalue weighted by molar-refractivity contribution is 0.167. The number of hydrogen-bond donors (Lipinski definition) is 2. The van der Waals surface area contributed by atoms with E-state index >= 15 is 0 Å². The smallest absolute Gasteiger partial charge is 0.411 e. The standard InChI is InChI=1S/C23H28Cl4N4O8S2/c1-30(2)14-9-16(24)20(17(25)10-14)28-22(32)38-5-7-40(34,35)13-41(36,37)8-6-39-23(33)29-21-18(26)11-15(31(3)4)12-19(21)27/h9-12H,5-8,13H2,1-4H3,(H,28,32)(H,29,33). The minimum atomic E-state index is -4.21. The molecule has 2 amide bonds. The van der Waals surface area contributed by atoms with Crippen molar-refractivity contribution in [3.8, 4) is 0 Å². The summed E-state index contributed by atoms with van der Waals surface area (Å²) < 4.78 is 58.9. The maximum absolute atomic E-state index is 12.3. The first kappa shape index (κ1) is 34.8. The Labute approximate surface area is 258 Å². The van der Waals surface area contributed by atoms with Crippen LogP contribution >= 0.6 is 46.4 Å². The van der Waals surface area contributed by atoms with E-state index in [1.54, 1.807) is 62.3 Å². The maximum atomic E-state index is 12.3. The summed E-state index contributed by atoms with van der Waals surface area (Å²) in [5, 5.41) is 3.90. The Morgan fingerprint density at radius 3 is 1.22 bits per heavy atom. The highest BCUT2D eigenvalue weighted by Gasteiger charge is 2.24. The third-order valence-electron chi connectivity index (χ3n) is 5.15. The number of halogens is 4. The second-order valence-corrected chi connectivity index (χ2v) is 15.3. The van der Waals surface area contributed by atoms with E-state index in [4.69, 9.17) is 55.9 Å². The van der Waals surface area contributed by atoms with Crippen molar-refractivity contribution in [2.24, 2.45) is 0 Å². The van der Waals surface area contributed by atoms with E-state index in [1.165, 1.54) is 0 Å². The molecule has 2 rings (SSSR count). The maximum Gasteiger partial charge on any atom is 0.411 e. The molecule has 2 aromatic carbocycles. The summed E-state index contributed by atoms with van der Waals surface area (Å²) in [4.78, 5) is 27.7. The van der Waals surface area contributed by atoms with Crippen molar-refractivity contribution in [2.75, 3.05) is 78.4 Å². The number of hydrogen-bond acceptors (Lipinski definition) is 10. The lowest BCUT2D eigenvalue weighted by atomic mass is 10.2. The molecule has 12 nitrogen and oxygen atoms in total. The van der Waals surface area contributed by atoms with E-state index in [0.29, 0.717) is 11.4 Å². The van der Waals surface area contributed by atoms with Gasteiger partial charge in [-0.15, -0.1) is 0 Å². The van der Waals surface area contributed by atoms with Gasteiger partial charge in [0.2, 0.25) is 0 Å². The third kappa shape index (κ3) is 11.1. The number of ether oxygens (including phenoxy) is 2. The van der Waals surface area contributed by atoms with Crippen LogP contribution in [0, 0.1) is 0 Å². The molecule has 0 radical (unpaired) electrons. The Hall–Kier alpha value is -2.36. The van der Waals surface area contributed by atoms with Gasteiger partial charge in [-0.25, -0.2) is 26.4 Å². The molecule has 0 aliphatic rings. The molecular formula is C23H28Cl4N4O8S2. The van der Waals surface area contributed by atoms with Crippen LogP contribution in [-0.2, 0) is 29.1 Å². The van der Waals surface area contributed by atoms with Crippen molar-refractivity contribution in [1.29, 1.82) is 0 Å². The zero-order chi connectivity index (χ0) is 31.1. The summed E-state index contributed by atoms with van der Waals surface area (Å²) in [7, 11) is -1.33. The number of carbonyl (C=O) groups excluding carboxylic acids is 2. The van der Waals surface area contributed by atoms with Crippen LogP contribution in [0.15, 0.2) is 24.3 Å². The van der Waals surface area contributed by atoms with Gasteiger partial charge < -0.3 is 19.3 Å². The number of nitrogens with one attached hydrogen (secondary N) is 2. The number of anilines is 4. The third-order valence-corrected chi connectivity index (χ3v) is 10.8. The number of nitrogens with zero attached hydrogens (tertiary/aromatic N) is 2. The summed E-state index contributed by atoms with van der Waals surface area (Å²) in [6.45, 7) is -1.27. The van der Waals surface area contributed by atoms with Gasteiger partial charge in [0, 0.05) is 39.6 Å². The molecule has 2 N–H and O–H groups in total. The molecule has 2 aromatic rings. The molecule has 0 saturated carbocycles. The predicted molar refractivity (Wildman–Crippen MR) is 164 cm³/mol. The van der Waals surface area contributed by atoms with E-state index in [9.17, 15) is 26.4 Å².